The summed E-state index contributed by atoms with van der Waals surface area (Å²) >= 11 is 6.20. The van der Waals surface area contributed by atoms with Crippen molar-refractivity contribution in [2.24, 2.45) is 5.73 Å². The molecule has 2 aliphatic rings. The molecule has 0 bridgehead atoms. The number of ether oxygens (including phenoxy) is 2. The van der Waals surface area contributed by atoms with Gasteiger partial charge >= 0.3 is 0 Å². The lowest BCUT2D eigenvalue weighted by molar-refractivity contribution is 0.114. The van der Waals surface area contributed by atoms with E-state index >= 15 is 0 Å². The van der Waals surface area contributed by atoms with Crippen molar-refractivity contribution in [3.8, 4) is 11.5 Å². The zero-order valence-electron chi connectivity index (χ0n) is 11.2. The monoisotopic (exact) mass is 281 g/mol. The molecule has 19 heavy (non-hydrogen) atoms. The highest BCUT2D eigenvalue weighted by Crippen LogP contribution is 2.54. The fraction of sp³-hybridized carbons (Fsp3) is 0.600. The highest BCUT2D eigenvalue weighted by molar-refractivity contribution is 6.30. The van der Waals surface area contributed by atoms with E-state index in [1.165, 1.54) is 6.42 Å². The standard InChI is InChI=1S/C15H20ClNO2/c1-18-13-8-10(16)7-12(15(9-17)5-6-15)14(13)19-11-3-2-4-11/h7-8,11H,2-6,9,17H2,1H3. The molecule has 3 nitrogen and oxygen atoms in total. The number of hydrogen-bond acceptors (Lipinski definition) is 3. The number of rotatable bonds is 5. The van der Waals surface area contributed by atoms with Crippen LogP contribution in [-0.4, -0.2) is 19.8 Å². The molecule has 0 aliphatic heterocycles. The maximum atomic E-state index is 6.20. The summed E-state index contributed by atoms with van der Waals surface area (Å²) in [6.45, 7) is 0.636. The lowest BCUT2D eigenvalue weighted by atomic mass is 9.93. The van der Waals surface area contributed by atoms with E-state index in [0.717, 1.165) is 42.7 Å². The Morgan fingerprint density at radius 2 is 2.11 bits per heavy atom. The largest absolute Gasteiger partial charge is 0.493 e. The number of hydrogen-bond donors (Lipinski definition) is 1. The second-order valence-corrected chi connectivity index (χ2v) is 6.08. The molecule has 0 radical (unpaired) electrons. The van der Waals surface area contributed by atoms with Crippen LogP contribution in [0, 0.1) is 0 Å². The van der Waals surface area contributed by atoms with Crippen LogP contribution in [0.15, 0.2) is 12.1 Å². The van der Waals surface area contributed by atoms with Crippen molar-refractivity contribution in [1.82, 2.24) is 0 Å². The maximum Gasteiger partial charge on any atom is 0.165 e. The zero-order chi connectivity index (χ0) is 13.5. The van der Waals surface area contributed by atoms with Crippen LogP contribution in [-0.2, 0) is 5.41 Å². The van der Waals surface area contributed by atoms with E-state index < -0.39 is 0 Å². The molecule has 2 N–H and O–H groups in total. The molecule has 0 aromatic heterocycles. The lowest BCUT2D eigenvalue weighted by Crippen LogP contribution is -2.27. The fourth-order valence-electron chi connectivity index (χ4n) is 2.63. The molecule has 0 amide bonds. The Morgan fingerprint density at radius 1 is 1.37 bits per heavy atom. The molecule has 3 rings (SSSR count). The summed E-state index contributed by atoms with van der Waals surface area (Å²) in [4.78, 5) is 0. The first-order chi connectivity index (χ1) is 9.18. The summed E-state index contributed by atoms with van der Waals surface area (Å²) in [5.41, 5.74) is 7.13. The second kappa shape index (κ2) is 4.88. The minimum Gasteiger partial charge on any atom is -0.493 e. The molecule has 1 aromatic carbocycles. The van der Waals surface area contributed by atoms with E-state index in [1.54, 1.807) is 7.11 Å². The quantitative estimate of drug-likeness (QED) is 0.901. The van der Waals surface area contributed by atoms with Gasteiger partial charge < -0.3 is 15.2 Å². The molecule has 2 saturated carbocycles. The van der Waals surface area contributed by atoms with E-state index in [2.05, 4.69) is 0 Å². The van der Waals surface area contributed by atoms with Gasteiger partial charge in [-0.05, 0) is 38.2 Å². The summed E-state index contributed by atoms with van der Waals surface area (Å²) in [5.74, 6) is 1.59. The molecule has 0 atom stereocenters. The molecule has 0 heterocycles. The minimum atomic E-state index is 0.0528. The van der Waals surface area contributed by atoms with Gasteiger partial charge in [-0.2, -0.15) is 0 Å². The van der Waals surface area contributed by atoms with Crippen molar-refractivity contribution in [1.29, 1.82) is 0 Å². The zero-order valence-corrected chi connectivity index (χ0v) is 12.0. The molecule has 0 spiro atoms. The van der Waals surface area contributed by atoms with E-state index in [0.29, 0.717) is 17.7 Å². The summed E-state index contributed by atoms with van der Waals surface area (Å²) < 4.78 is 11.6. The van der Waals surface area contributed by atoms with Gasteiger partial charge in [-0.15, -0.1) is 0 Å². The third-order valence-electron chi connectivity index (χ3n) is 4.39. The first-order valence-electron chi connectivity index (χ1n) is 6.93. The van der Waals surface area contributed by atoms with E-state index in [9.17, 15) is 0 Å². The Labute approximate surface area is 119 Å². The van der Waals surface area contributed by atoms with Crippen LogP contribution in [0.3, 0.4) is 0 Å². The van der Waals surface area contributed by atoms with Gasteiger partial charge in [-0.3, -0.25) is 0 Å². The first-order valence-corrected chi connectivity index (χ1v) is 7.31. The smallest absolute Gasteiger partial charge is 0.165 e. The van der Waals surface area contributed by atoms with Crippen LogP contribution >= 0.6 is 11.6 Å². The first kappa shape index (κ1) is 13.1. The number of benzene rings is 1. The van der Waals surface area contributed by atoms with Crippen LogP contribution in [0.25, 0.3) is 0 Å². The molecular weight excluding hydrogens is 262 g/mol. The van der Waals surface area contributed by atoms with Crippen LogP contribution in [0.4, 0.5) is 0 Å². The molecular formula is C15H20ClNO2. The third-order valence-corrected chi connectivity index (χ3v) is 4.61. The molecule has 0 unspecified atom stereocenters. The van der Waals surface area contributed by atoms with Crippen molar-refractivity contribution < 1.29 is 9.47 Å². The minimum absolute atomic E-state index is 0.0528. The van der Waals surface area contributed by atoms with Crippen LogP contribution < -0.4 is 15.2 Å². The highest BCUT2D eigenvalue weighted by atomic mass is 35.5. The van der Waals surface area contributed by atoms with E-state index in [4.69, 9.17) is 26.8 Å². The Bertz CT molecular complexity index is 481. The Hall–Kier alpha value is -0.930. The van der Waals surface area contributed by atoms with Gasteiger partial charge in [0, 0.05) is 28.6 Å². The predicted molar refractivity (Wildman–Crippen MR) is 76.2 cm³/mol. The van der Waals surface area contributed by atoms with E-state index in [-0.39, 0.29) is 5.41 Å². The Morgan fingerprint density at radius 3 is 2.58 bits per heavy atom. The van der Waals surface area contributed by atoms with Crippen molar-refractivity contribution in [2.75, 3.05) is 13.7 Å². The molecule has 2 fully saturated rings. The van der Waals surface area contributed by atoms with Crippen molar-refractivity contribution in [2.45, 2.75) is 43.6 Å². The fourth-order valence-corrected chi connectivity index (χ4v) is 2.83. The van der Waals surface area contributed by atoms with Crippen molar-refractivity contribution in [3.63, 3.8) is 0 Å². The average Bonchev–Trinajstić information content (AvgIpc) is 3.15. The van der Waals surface area contributed by atoms with Gasteiger partial charge in [0.2, 0.25) is 0 Å². The molecule has 1 aromatic rings. The Kier molecular flexibility index (Phi) is 3.35. The van der Waals surface area contributed by atoms with Gasteiger partial charge in [0.25, 0.3) is 0 Å². The van der Waals surface area contributed by atoms with Gasteiger partial charge in [-0.25, -0.2) is 0 Å². The second-order valence-electron chi connectivity index (χ2n) is 5.64. The molecule has 4 heteroatoms. The summed E-state index contributed by atoms with van der Waals surface area (Å²) in [5, 5.41) is 0.688. The van der Waals surface area contributed by atoms with Crippen molar-refractivity contribution >= 4 is 11.6 Å². The van der Waals surface area contributed by atoms with Crippen LogP contribution in [0.5, 0.6) is 11.5 Å². The normalized spacial score (nSPS) is 20.8. The lowest BCUT2D eigenvalue weighted by Gasteiger charge is -2.30. The topological polar surface area (TPSA) is 44.5 Å². The SMILES string of the molecule is COc1cc(Cl)cc(C2(CN)CC2)c1OC1CCC1. The van der Waals surface area contributed by atoms with Gasteiger partial charge in [0.1, 0.15) is 0 Å². The summed E-state index contributed by atoms with van der Waals surface area (Å²) in [6.07, 6.45) is 6.03. The number of methoxy groups -OCH3 is 1. The Balaban J connectivity index is 2.01. The number of halogens is 1. The van der Waals surface area contributed by atoms with Crippen LogP contribution in [0.2, 0.25) is 5.02 Å². The molecule has 0 saturated heterocycles. The van der Waals surface area contributed by atoms with Crippen LogP contribution in [0.1, 0.15) is 37.7 Å². The predicted octanol–water partition coefficient (Wildman–Crippen LogP) is 3.27. The summed E-state index contributed by atoms with van der Waals surface area (Å²) in [6, 6.07) is 3.82. The van der Waals surface area contributed by atoms with E-state index in [1.807, 2.05) is 12.1 Å². The molecule has 104 valence electrons. The van der Waals surface area contributed by atoms with Gasteiger partial charge in [0.15, 0.2) is 11.5 Å². The molecule has 2 aliphatic carbocycles. The van der Waals surface area contributed by atoms with Crippen molar-refractivity contribution in [3.05, 3.63) is 22.7 Å². The average molecular weight is 282 g/mol. The summed E-state index contributed by atoms with van der Waals surface area (Å²) in [7, 11) is 1.66. The highest BCUT2D eigenvalue weighted by Gasteiger charge is 2.46. The van der Waals surface area contributed by atoms with Gasteiger partial charge in [-0.1, -0.05) is 11.6 Å². The third kappa shape index (κ3) is 2.30. The number of nitrogens with two attached hydrogens (primary N) is 1. The maximum absolute atomic E-state index is 6.20. The van der Waals surface area contributed by atoms with Gasteiger partial charge in [0.05, 0.1) is 13.2 Å².